The van der Waals surface area contributed by atoms with Gasteiger partial charge in [0.2, 0.25) is 5.91 Å². The van der Waals surface area contributed by atoms with Crippen molar-refractivity contribution >= 4 is 11.6 Å². The Morgan fingerprint density at radius 3 is 2.50 bits per heavy atom. The summed E-state index contributed by atoms with van der Waals surface area (Å²) in [5, 5.41) is 6.16. The Labute approximate surface area is 110 Å². The van der Waals surface area contributed by atoms with Crippen LogP contribution in [0.15, 0.2) is 24.3 Å². The summed E-state index contributed by atoms with van der Waals surface area (Å²) >= 11 is 0. The number of anilines is 1. The highest BCUT2D eigenvalue weighted by molar-refractivity contribution is 5.92. The van der Waals surface area contributed by atoms with E-state index < -0.39 is 0 Å². The third kappa shape index (κ3) is 5.32. The summed E-state index contributed by atoms with van der Waals surface area (Å²) in [5.74, 6) is 0.659. The molecule has 0 fully saturated rings. The molecule has 3 nitrogen and oxygen atoms in total. The van der Waals surface area contributed by atoms with E-state index in [1.54, 1.807) is 0 Å². The van der Waals surface area contributed by atoms with Crippen LogP contribution < -0.4 is 10.6 Å². The van der Waals surface area contributed by atoms with Crippen LogP contribution in [0.3, 0.4) is 0 Å². The lowest BCUT2D eigenvalue weighted by atomic mass is 10.1. The van der Waals surface area contributed by atoms with Crippen LogP contribution in [-0.4, -0.2) is 18.5 Å². The van der Waals surface area contributed by atoms with Gasteiger partial charge in [-0.25, -0.2) is 0 Å². The Hall–Kier alpha value is -1.35. The number of hydrogen-bond acceptors (Lipinski definition) is 2. The number of rotatable bonds is 6. The lowest BCUT2D eigenvalue weighted by Crippen LogP contribution is -2.35. The molecule has 1 atom stereocenters. The molecule has 0 aliphatic carbocycles. The first-order valence-electron chi connectivity index (χ1n) is 6.58. The maximum absolute atomic E-state index is 11.8. The second-order valence-corrected chi connectivity index (χ2v) is 5.27. The number of carbonyl (C=O) groups is 1. The van der Waals surface area contributed by atoms with Crippen molar-refractivity contribution in [2.45, 2.75) is 40.2 Å². The Bertz CT molecular complexity index is 388. The number of hydrogen-bond donors (Lipinski definition) is 2. The maximum Gasteiger partial charge on any atom is 0.238 e. The normalized spacial score (nSPS) is 12.5. The van der Waals surface area contributed by atoms with E-state index in [1.807, 2.05) is 31.2 Å². The van der Waals surface area contributed by atoms with Gasteiger partial charge in [-0.1, -0.05) is 32.0 Å². The van der Waals surface area contributed by atoms with Crippen molar-refractivity contribution in [2.24, 2.45) is 5.92 Å². The first kappa shape index (κ1) is 14.7. The van der Waals surface area contributed by atoms with E-state index in [1.165, 1.54) is 0 Å². The average molecular weight is 248 g/mol. The van der Waals surface area contributed by atoms with Crippen LogP contribution in [0, 0.1) is 12.8 Å². The predicted octanol–water partition coefficient (Wildman–Crippen LogP) is 2.96. The van der Waals surface area contributed by atoms with E-state index in [-0.39, 0.29) is 5.91 Å². The molecule has 1 aromatic carbocycles. The van der Waals surface area contributed by atoms with Crippen molar-refractivity contribution in [3.8, 4) is 0 Å². The third-order valence-electron chi connectivity index (χ3n) is 2.86. The molecule has 1 unspecified atom stereocenters. The molecule has 0 saturated carbocycles. The van der Waals surface area contributed by atoms with E-state index in [2.05, 4.69) is 31.4 Å². The number of aryl methyl sites for hydroxylation is 1. The fourth-order valence-electron chi connectivity index (χ4n) is 1.96. The third-order valence-corrected chi connectivity index (χ3v) is 2.86. The van der Waals surface area contributed by atoms with Crippen molar-refractivity contribution in [2.75, 3.05) is 11.9 Å². The van der Waals surface area contributed by atoms with Gasteiger partial charge in [0, 0.05) is 11.7 Å². The topological polar surface area (TPSA) is 41.1 Å². The molecular formula is C15H24N2O. The van der Waals surface area contributed by atoms with Crippen LogP contribution in [0.4, 0.5) is 5.69 Å². The number of benzene rings is 1. The second-order valence-electron chi connectivity index (χ2n) is 5.27. The van der Waals surface area contributed by atoms with Gasteiger partial charge >= 0.3 is 0 Å². The van der Waals surface area contributed by atoms with Crippen LogP contribution in [0.5, 0.6) is 0 Å². The molecule has 1 rings (SSSR count). The lowest BCUT2D eigenvalue weighted by Gasteiger charge is -2.16. The van der Waals surface area contributed by atoms with Crippen molar-refractivity contribution in [1.29, 1.82) is 0 Å². The standard InChI is InChI=1S/C15H24N2O/c1-11(2)9-13(4)16-10-15(18)17-14-8-6-5-7-12(14)3/h5-8,11,13,16H,9-10H2,1-4H3,(H,17,18). The molecule has 0 bridgehead atoms. The Kier molecular flexibility index (Phi) is 5.86. The molecule has 2 N–H and O–H groups in total. The Morgan fingerprint density at radius 1 is 1.22 bits per heavy atom. The minimum atomic E-state index is 0.0138. The van der Waals surface area contributed by atoms with Gasteiger partial charge in [0.1, 0.15) is 0 Å². The van der Waals surface area contributed by atoms with Crippen molar-refractivity contribution in [1.82, 2.24) is 5.32 Å². The molecule has 0 saturated heterocycles. The van der Waals surface area contributed by atoms with Crippen molar-refractivity contribution in [3.63, 3.8) is 0 Å². The Balaban J connectivity index is 2.36. The summed E-state index contributed by atoms with van der Waals surface area (Å²) < 4.78 is 0. The van der Waals surface area contributed by atoms with Gasteiger partial charge in [0.15, 0.2) is 0 Å². The molecule has 0 spiro atoms. The first-order chi connectivity index (χ1) is 8.49. The second kappa shape index (κ2) is 7.17. The molecular weight excluding hydrogens is 224 g/mol. The van der Waals surface area contributed by atoms with Gasteiger partial charge in [0.25, 0.3) is 0 Å². The summed E-state index contributed by atoms with van der Waals surface area (Å²) in [5.41, 5.74) is 1.97. The van der Waals surface area contributed by atoms with Crippen molar-refractivity contribution in [3.05, 3.63) is 29.8 Å². The lowest BCUT2D eigenvalue weighted by molar-refractivity contribution is -0.115. The fourth-order valence-corrected chi connectivity index (χ4v) is 1.96. The maximum atomic E-state index is 11.8. The SMILES string of the molecule is Cc1ccccc1NC(=O)CNC(C)CC(C)C. The minimum Gasteiger partial charge on any atom is -0.325 e. The summed E-state index contributed by atoms with van der Waals surface area (Å²) in [6, 6.07) is 8.17. The molecule has 0 aliphatic heterocycles. The van der Waals surface area contributed by atoms with Gasteiger partial charge in [-0.05, 0) is 37.8 Å². The molecule has 18 heavy (non-hydrogen) atoms. The average Bonchev–Trinajstić information content (AvgIpc) is 2.29. The van der Waals surface area contributed by atoms with E-state index in [0.29, 0.717) is 18.5 Å². The number of nitrogens with one attached hydrogen (secondary N) is 2. The van der Waals surface area contributed by atoms with Gasteiger partial charge in [0.05, 0.1) is 6.54 Å². The van der Waals surface area contributed by atoms with E-state index in [0.717, 1.165) is 17.7 Å². The molecule has 1 aromatic rings. The molecule has 3 heteroatoms. The van der Waals surface area contributed by atoms with Gasteiger partial charge < -0.3 is 10.6 Å². The largest absolute Gasteiger partial charge is 0.325 e. The van der Waals surface area contributed by atoms with Crippen molar-refractivity contribution < 1.29 is 4.79 Å². The summed E-state index contributed by atoms with van der Waals surface area (Å²) in [6.07, 6.45) is 1.08. The zero-order chi connectivity index (χ0) is 13.5. The first-order valence-corrected chi connectivity index (χ1v) is 6.58. The van der Waals surface area contributed by atoms with Crippen LogP contribution in [0.2, 0.25) is 0 Å². The zero-order valence-electron chi connectivity index (χ0n) is 11.8. The predicted molar refractivity (Wildman–Crippen MR) is 76.7 cm³/mol. The van der Waals surface area contributed by atoms with Crippen LogP contribution in [-0.2, 0) is 4.79 Å². The van der Waals surface area contributed by atoms with Crippen LogP contribution in [0.25, 0.3) is 0 Å². The molecule has 0 aromatic heterocycles. The molecule has 100 valence electrons. The van der Waals surface area contributed by atoms with E-state index >= 15 is 0 Å². The summed E-state index contributed by atoms with van der Waals surface area (Å²) in [7, 11) is 0. The minimum absolute atomic E-state index is 0.0138. The van der Waals surface area contributed by atoms with Gasteiger partial charge in [-0.2, -0.15) is 0 Å². The smallest absolute Gasteiger partial charge is 0.238 e. The molecule has 0 heterocycles. The number of carbonyl (C=O) groups excluding carboxylic acids is 1. The van der Waals surface area contributed by atoms with Crippen LogP contribution >= 0.6 is 0 Å². The monoisotopic (exact) mass is 248 g/mol. The number of amides is 1. The summed E-state index contributed by atoms with van der Waals surface area (Å²) in [4.78, 5) is 11.8. The highest BCUT2D eigenvalue weighted by atomic mass is 16.1. The number of para-hydroxylation sites is 1. The molecule has 0 aliphatic rings. The highest BCUT2D eigenvalue weighted by Crippen LogP contribution is 2.12. The quantitative estimate of drug-likeness (QED) is 0.812. The molecule has 0 radical (unpaired) electrons. The summed E-state index contributed by atoms with van der Waals surface area (Å²) in [6.45, 7) is 8.84. The van der Waals surface area contributed by atoms with E-state index in [9.17, 15) is 4.79 Å². The van der Waals surface area contributed by atoms with Crippen LogP contribution in [0.1, 0.15) is 32.8 Å². The highest BCUT2D eigenvalue weighted by Gasteiger charge is 2.08. The molecule has 1 amide bonds. The fraction of sp³-hybridized carbons (Fsp3) is 0.533. The van der Waals surface area contributed by atoms with Gasteiger partial charge in [-0.3, -0.25) is 4.79 Å². The van der Waals surface area contributed by atoms with E-state index in [4.69, 9.17) is 0 Å². The Morgan fingerprint density at radius 2 is 1.89 bits per heavy atom. The van der Waals surface area contributed by atoms with Gasteiger partial charge in [-0.15, -0.1) is 0 Å². The zero-order valence-corrected chi connectivity index (χ0v) is 11.8.